The zero-order chi connectivity index (χ0) is 13.5. The second kappa shape index (κ2) is 7.59. The molecular formula is C12H15Cl2NO3. The molecule has 0 fully saturated rings. The van der Waals surface area contributed by atoms with Crippen LogP contribution >= 0.6 is 23.2 Å². The standard InChI is InChI=1S/C12H15Cl2NO3/c1-18-7-5-15(4-6-16)12(17)10-3-2-9(13)8-11(10)14/h2-3,8,16H,4-7H2,1H3. The Kier molecular flexibility index (Phi) is 6.43. The van der Waals surface area contributed by atoms with E-state index in [-0.39, 0.29) is 19.1 Å². The summed E-state index contributed by atoms with van der Waals surface area (Å²) in [5, 5.41) is 9.73. The molecule has 1 aromatic rings. The van der Waals surface area contributed by atoms with Crippen molar-refractivity contribution in [2.75, 3.05) is 33.4 Å². The smallest absolute Gasteiger partial charge is 0.255 e. The van der Waals surface area contributed by atoms with Gasteiger partial charge in [0.25, 0.3) is 5.91 Å². The molecule has 0 aliphatic rings. The molecule has 0 spiro atoms. The van der Waals surface area contributed by atoms with Crippen LogP contribution in [0.4, 0.5) is 0 Å². The number of hydrogen-bond donors (Lipinski definition) is 1. The van der Waals surface area contributed by atoms with Crippen LogP contribution in [0.2, 0.25) is 10.0 Å². The highest BCUT2D eigenvalue weighted by molar-refractivity contribution is 6.36. The highest BCUT2D eigenvalue weighted by atomic mass is 35.5. The lowest BCUT2D eigenvalue weighted by molar-refractivity contribution is 0.0656. The van der Waals surface area contributed by atoms with Crippen molar-refractivity contribution in [3.8, 4) is 0 Å². The maximum Gasteiger partial charge on any atom is 0.255 e. The fourth-order valence-electron chi connectivity index (χ4n) is 1.47. The fourth-order valence-corrected chi connectivity index (χ4v) is 1.96. The number of amides is 1. The highest BCUT2D eigenvalue weighted by Gasteiger charge is 2.17. The molecule has 0 atom stereocenters. The molecule has 100 valence electrons. The monoisotopic (exact) mass is 291 g/mol. The number of aliphatic hydroxyl groups excluding tert-OH is 1. The number of carbonyl (C=O) groups excluding carboxylic acids is 1. The number of halogens is 2. The number of methoxy groups -OCH3 is 1. The number of carbonyl (C=O) groups is 1. The zero-order valence-electron chi connectivity index (χ0n) is 10.0. The number of ether oxygens (including phenoxy) is 1. The van der Waals surface area contributed by atoms with Crippen LogP contribution in [0.25, 0.3) is 0 Å². The number of benzene rings is 1. The van der Waals surface area contributed by atoms with E-state index >= 15 is 0 Å². The molecule has 18 heavy (non-hydrogen) atoms. The van der Waals surface area contributed by atoms with Gasteiger partial charge in [-0.1, -0.05) is 23.2 Å². The van der Waals surface area contributed by atoms with Gasteiger partial charge in [0.05, 0.1) is 23.8 Å². The van der Waals surface area contributed by atoms with Crippen molar-refractivity contribution in [2.24, 2.45) is 0 Å². The average molecular weight is 292 g/mol. The van der Waals surface area contributed by atoms with E-state index in [1.165, 1.54) is 11.0 Å². The van der Waals surface area contributed by atoms with E-state index in [1.54, 1.807) is 19.2 Å². The molecule has 1 N–H and O–H groups in total. The van der Waals surface area contributed by atoms with E-state index < -0.39 is 0 Å². The Morgan fingerprint density at radius 1 is 1.39 bits per heavy atom. The quantitative estimate of drug-likeness (QED) is 0.873. The molecule has 4 nitrogen and oxygen atoms in total. The molecule has 1 amide bonds. The lowest BCUT2D eigenvalue weighted by Crippen LogP contribution is -2.36. The van der Waals surface area contributed by atoms with E-state index in [1.807, 2.05) is 0 Å². The first-order valence-corrected chi connectivity index (χ1v) is 6.20. The largest absolute Gasteiger partial charge is 0.395 e. The van der Waals surface area contributed by atoms with Crippen molar-refractivity contribution < 1.29 is 14.6 Å². The Bertz CT molecular complexity index is 412. The third-order valence-corrected chi connectivity index (χ3v) is 2.93. The molecule has 6 heteroatoms. The molecule has 0 saturated heterocycles. The van der Waals surface area contributed by atoms with Gasteiger partial charge in [-0.25, -0.2) is 0 Å². The molecular weight excluding hydrogens is 277 g/mol. The van der Waals surface area contributed by atoms with Crippen LogP contribution in [0.3, 0.4) is 0 Å². The maximum atomic E-state index is 12.2. The van der Waals surface area contributed by atoms with E-state index in [0.29, 0.717) is 28.8 Å². The Morgan fingerprint density at radius 2 is 2.11 bits per heavy atom. The Hall–Kier alpha value is -0.810. The summed E-state index contributed by atoms with van der Waals surface area (Å²) in [6.07, 6.45) is 0. The third-order valence-electron chi connectivity index (χ3n) is 2.38. The summed E-state index contributed by atoms with van der Waals surface area (Å²) in [5.74, 6) is -0.247. The Labute approximate surface area is 116 Å². The summed E-state index contributed by atoms with van der Waals surface area (Å²) in [6, 6.07) is 4.70. The van der Waals surface area contributed by atoms with Gasteiger partial charge in [-0.2, -0.15) is 0 Å². The number of hydrogen-bond acceptors (Lipinski definition) is 3. The van der Waals surface area contributed by atoms with Gasteiger partial charge in [0.2, 0.25) is 0 Å². The summed E-state index contributed by atoms with van der Waals surface area (Å²) in [5.41, 5.74) is 0.366. The van der Waals surface area contributed by atoms with Crippen molar-refractivity contribution in [1.29, 1.82) is 0 Å². The van der Waals surface area contributed by atoms with Crippen molar-refractivity contribution in [1.82, 2.24) is 4.90 Å². The minimum atomic E-state index is -0.247. The maximum absolute atomic E-state index is 12.2. The Balaban J connectivity index is 2.87. The topological polar surface area (TPSA) is 49.8 Å². The predicted octanol–water partition coefficient (Wildman–Crippen LogP) is 2.07. The van der Waals surface area contributed by atoms with E-state index in [0.717, 1.165) is 0 Å². The van der Waals surface area contributed by atoms with E-state index in [2.05, 4.69) is 0 Å². The van der Waals surface area contributed by atoms with E-state index in [4.69, 9.17) is 33.0 Å². The molecule has 0 saturated carbocycles. The molecule has 1 aromatic carbocycles. The van der Waals surface area contributed by atoms with Crippen LogP contribution in [-0.4, -0.2) is 49.3 Å². The minimum absolute atomic E-state index is 0.110. The van der Waals surface area contributed by atoms with Gasteiger partial charge in [0, 0.05) is 25.2 Å². The van der Waals surface area contributed by atoms with Crippen LogP contribution in [0.5, 0.6) is 0 Å². The first-order chi connectivity index (χ1) is 8.60. The third kappa shape index (κ3) is 4.14. The van der Waals surface area contributed by atoms with Gasteiger partial charge in [0.1, 0.15) is 0 Å². The van der Waals surface area contributed by atoms with Crippen LogP contribution in [0.1, 0.15) is 10.4 Å². The predicted molar refractivity (Wildman–Crippen MR) is 71.3 cm³/mol. The number of nitrogens with zero attached hydrogens (tertiary/aromatic N) is 1. The van der Waals surface area contributed by atoms with Crippen molar-refractivity contribution in [3.63, 3.8) is 0 Å². The molecule has 0 aliphatic heterocycles. The van der Waals surface area contributed by atoms with Crippen LogP contribution in [0, 0.1) is 0 Å². The summed E-state index contributed by atoms with van der Waals surface area (Å²) in [6.45, 7) is 0.924. The highest BCUT2D eigenvalue weighted by Crippen LogP contribution is 2.22. The minimum Gasteiger partial charge on any atom is -0.395 e. The molecule has 0 heterocycles. The van der Waals surface area contributed by atoms with Gasteiger partial charge in [0.15, 0.2) is 0 Å². The summed E-state index contributed by atoms with van der Waals surface area (Å²) >= 11 is 11.8. The van der Waals surface area contributed by atoms with Crippen LogP contribution in [-0.2, 0) is 4.74 Å². The molecule has 0 radical (unpaired) electrons. The lowest BCUT2D eigenvalue weighted by atomic mass is 10.2. The molecule has 0 aliphatic carbocycles. The number of rotatable bonds is 6. The first kappa shape index (κ1) is 15.2. The number of aliphatic hydroxyl groups is 1. The van der Waals surface area contributed by atoms with Crippen molar-refractivity contribution in [2.45, 2.75) is 0 Å². The van der Waals surface area contributed by atoms with Crippen LogP contribution in [0.15, 0.2) is 18.2 Å². The normalized spacial score (nSPS) is 10.4. The van der Waals surface area contributed by atoms with Crippen LogP contribution < -0.4 is 0 Å². The second-order valence-corrected chi connectivity index (χ2v) is 4.48. The fraction of sp³-hybridized carbons (Fsp3) is 0.417. The molecule has 0 aromatic heterocycles. The van der Waals surface area contributed by atoms with Gasteiger partial charge < -0.3 is 14.7 Å². The lowest BCUT2D eigenvalue weighted by Gasteiger charge is -2.21. The molecule has 1 rings (SSSR count). The van der Waals surface area contributed by atoms with Crippen molar-refractivity contribution in [3.05, 3.63) is 33.8 Å². The SMILES string of the molecule is COCCN(CCO)C(=O)c1ccc(Cl)cc1Cl. The van der Waals surface area contributed by atoms with Gasteiger partial charge in [-0.05, 0) is 18.2 Å². The van der Waals surface area contributed by atoms with Crippen molar-refractivity contribution >= 4 is 29.1 Å². The second-order valence-electron chi connectivity index (χ2n) is 3.63. The average Bonchev–Trinajstić information content (AvgIpc) is 2.33. The Morgan fingerprint density at radius 3 is 2.67 bits per heavy atom. The molecule has 0 unspecified atom stereocenters. The summed E-state index contributed by atoms with van der Waals surface area (Å²) in [7, 11) is 1.55. The summed E-state index contributed by atoms with van der Waals surface area (Å²) < 4.78 is 4.92. The van der Waals surface area contributed by atoms with Gasteiger partial charge in [-0.3, -0.25) is 4.79 Å². The van der Waals surface area contributed by atoms with E-state index in [9.17, 15) is 4.79 Å². The first-order valence-electron chi connectivity index (χ1n) is 5.44. The van der Waals surface area contributed by atoms with Gasteiger partial charge >= 0.3 is 0 Å². The zero-order valence-corrected chi connectivity index (χ0v) is 11.5. The van der Waals surface area contributed by atoms with Gasteiger partial charge in [-0.15, -0.1) is 0 Å². The summed E-state index contributed by atoms with van der Waals surface area (Å²) in [4.78, 5) is 13.7. The molecule has 0 bridgehead atoms.